The Bertz CT molecular complexity index is 1540. The van der Waals surface area contributed by atoms with Gasteiger partial charge < -0.3 is 14.8 Å². The highest BCUT2D eigenvalue weighted by Crippen LogP contribution is 2.36. The zero-order valence-corrected chi connectivity index (χ0v) is 20.4. The molecule has 4 rings (SSSR count). The van der Waals surface area contributed by atoms with Crippen LogP contribution in [0.2, 0.25) is 5.02 Å². The number of aromatic amines is 1. The summed E-state index contributed by atoms with van der Waals surface area (Å²) in [5.74, 6) is -2.14. The minimum atomic E-state index is -4.12. The number of carboxylic acid groups (broad SMARTS) is 1. The second-order valence-corrected chi connectivity index (χ2v) is 9.81. The molecular weight excluding hydrogens is 492 g/mol. The number of aromatic nitrogens is 1. The number of nitrogens with one attached hydrogen (secondary N) is 1. The van der Waals surface area contributed by atoms with Crippen molar-refractivity contribution in [3.05, 3.63) is 77.3 Å². The van der Waals surface area contributed by atoms with E-state index in [-0.39, 0.29) is 27.7 Å². The van der Waals surface area contributed by atoms with Crippen molar-refractivity contribution in [3.63, 3.8) is 0 Å². The Morgan fingerprint density at radius 1 is 1.06 bits per heavy atom. The van der Waals surface area contributed by atoms with Gasteiger partial charge in [-0.05, 0) is 49.4 Å². The number of rotatable bonds is 8. The number of carboxylic acids is 1. The quantitative estimate of drug-likeness (QED) is 0.254. The van der Waals surface area contributed by atoms with Crippen LogP contribution in [0.25, 0.3) is 22.2 Å². The third kappa shape index (κ3) is 4.36. The van der Waals surface area contributed by atoms with Crippen molar-refractivity contribution in [1.29, 1.82) is 0 Å². The summed E-state index contributed by atoms with van der Waals surface area (Å²) in [4.78, 5) is 27.0. The van der Waals surface area contributed by atoms with Crippen LogP contribution < -0.4 is 9.04 Å². The number of sulfonamides is 1. The first-order valence-electron chi connectivity index (χ1n) is 10.5. The number of hydrogen-bond donors (Lipinski definition) is 2. The first-order chi connectivity index (χ1) is 16.7. The van der Waals surface area contributed by atoms with Gasteiger partial charge in [0.05, 0.1) is 29.1 Å². The molecule has 0 saturated carbocycles. The first-order valence-corrected chi connectivity index (χ1v) is 12.4. The third-order valence-corrected chi connectivity index (χ3v) is 7.95. The van der Waals surface area contributed by atoms with Gasteiger partial charge in [-0.15, -0.1) is 0 Å². The second kappa shape index (κ2) is 9.44. The maximum Gasteiger partial charge on any atom is 0.377 e. The van der Waals surface area contributed by atoms with E-state index in [1.54, 1.807) is 55.5 Å². The van der Waals surface area contributed by atoms with Gasteiger partial charge in [0.1, 0.15) is 10.6 Å². The van der Waals surface area contributed by atoms with E-state index in [2.05, 4.69) is 4.98 Å². The molecule has 35 heavy (non-hydrogen) atoms. The van der Waals surface area contributed by atoms with E-state index in [9.17, 15) is 23.1 Å². The molecule has 0 bridgehead atoms. The van der Waals surface area contributed by atoms with Crippen molar-refractivity contribution < 1.29 is 27.9 Å². The van der Waals surface area contributed by atoms with Crippen LogP contribution >= 0.6 is 11.6 Å². The Labute approximate surface area is 206 Å². The van der Waals surface area contributed by atoms with Crippen LogP contribution in [0.5, 0.6) is 5.75 Å². The van der Waals surface area contributed by atoms with Gasteiger partial charge in [-0.1, -0.05) is 35.9 Å². The molecule has 1 aromatic heterocycles. The molecule has 0 aliphatic heterocycles. The number of ether oxygens (including phenoxy) is 1. The van der Waals surface area contributed by atoms with Gasteiger partial charge in [-0.3, -0.25) is 9.10 Å². The summed E-state index contributed by atoms with van der Waals surface area (Å²) in [6, 6.07) is 17.6. The zero-order chi connectivity index (χ0) is 25.3. The lowest BCUT2D eigenvalue weighted by molar-refractivity contribution is -0.131. The highest BCUT2D eigenvalue weighted by molar-refractivity contribution is 7.93. The number of hydrogen-bond acceptors (Lipinski definition) is 5. The summed E-state index contributed by atoms with van der Waals surface area (Å²) in [6.45, 7) is 1.82. The minimum Gasteiger partial charge on any atom is -0.497 e. The second-order valence-electron chi connectivity index (χ2n) is 7.57. The van der Waals surface area contributed by atoms with Gasteiger partial charge in [0.15, 0.2) is 0 Å². The predicted molar refractivity (Wildman–Crippen MR) is 134 cm³/mol. The van der Waals surface area contributed by atoms with Crippen molar-refractivity contribution in [2.24, 2.45) is 0 Å². The van der Waals surface area contributed by atoms with Crippen LogP contribution in [0, 0.1) is 0 Å². The number of carbonyl (C=O) groups is 2. The molecule has 0 amide bonds. The summed E-state index contributed by atoms with van der Waals surface area (Å²) in [5.41, 5.74) is 1.40. The Morgan fingerprint density at radius 2 is 1.74 bits per heavy atom. The van der Waals surface area contributed by atoms with Crippen molar-refractivity contribution in [2.45, 2.75) is 11.8 Å². The van der Waals surface area contributed by atoms with Crippen LogP contribution in [0.1, 0.15) is 17.3 Å². The molecule has 2 N–H and O–H groups in total. The van der Waals surface area contributed by atoms with Crippen molar-refractivity contribution in [2.75, 3.05) is 18.0 Å². The Morgan fingerprint density at radius 3 is 2.37 bits per heavy atom. The van der Waals surface area contributed by atoms with Crippen LogP contribution in [-0.2, 0) is 14.8 Å². The molecular formula is C25H21ClN2O6S. The number of benzene rings is 3. The van der Waals surface area contributed by atoms with Crippen LogP contribution in [-0.4, -0.2) is 43.9 Å². The van der Waals surface area contributed by atoms with E-state index in [1.807, 2.05) is 0 Å². The number of para-hydroxylation sites is 1. The minimum absolute atomic E-state index is 0.0112. The highest BCUT2D eigenvalue weighted by atomic mass is 35.5. The molecule has 0 saturated heterocycles. The SMILES string of the molecule is CCN(c1ccc(OC)cc1)S(=O)(=O)c1cc(-c2[nH]c3ccccc3c2C(=O)C(=O)O)ccc1Cl. The summed E-state index contributed by atoms with van der Waals surface area (Å²) in [7, 11) is -2.60. The maximum atomic E-state index is 13.7. The number of ketones is 1. The molecule has 0 fully saturated rings. The van der Waals surface area contributed by atoms with Gasteiger partial charge in [0, 0.05) is 23.0 Å². The molecule has 1 heterocycles. The van der Waals surface area contributed by atoms with E-state index in [0.29, 0.717) is 27.9 Å². The smallest absolute Gasteiger partial charge is 0.377 e. The largest absolute Gasteiger partial charge is 0.497 e. The van der Waals surface area contributed by atoms with Crippen molar-refractivity contribution in [3.8, 4) is 17.0 Å². The molecule has 0 aliphatic rings. The van der Waals surface area contributed by atoms with E-state index >= 15 is 0 Å². The molecule has 0 unspecified atom stereocenters. The number of aliphatic carboxylic acids is 1. The van der Waals surface area contributed by atoms with E-state index in [1.165, 1.54) is 29.6 Å². The van der Waals surface area contributed by atoms with Crippen molar-refractivity contribution >= 4 is 50.0 Å². The number of halogens is 1. The molecule has 10 heteroatoms. The number of H-pyrrole nitrogens is 1. The molecule has 0 spiro atoms. The van der Waals surface area contributed by atoms with Crippen LogP contribution in [0.4, 0.5) is 5.69 Å². The third-order valence-electron chi connectivity index (χ3n) is 5.56. The molecule has 3 aromatic carbocycles. The molecule has 0 radical (unpaired) electrons. The summed E-state index contributed by atoms with van der Waals surface area (Å²) < 4.78 is 33.7. The van der Waals surface area contributed by atoms with E-state index in [4.69, 9.17) is 16.3 Å². The molecule has 8 nitrogen and oxygen atoms in total. The molecule has 180 valence electrons. The Kier molecular flexibility index (Phi) is 6.56. The highest BCUT2D eigenvalue weighted by Gasteiger charge is 2.29. The predicted octanol–water partition coefficient (Wildman–Crippen LogP) is 4.98. The van der Waals surface area contributed by atoms with Crippen LogP contribution in [0.3, 0.4) is 0 Å². The van der Waals surface area contributed by atoms with Crippen LogP contribution in [0.15, 0.2) is 71.6 Å². The monoisotopic (exact) mass is 512 g/mol. The fourth-order valence-electron chi connectivity index (χ4n) is 3.92. The molecule has 0 atom stereocenters. The number of fused-ring (bicyclic) bond motifs is 1. The Hall–Kier alpha value is -3.82. The van der Waals surface area contributed by atoms with Gasteiger partial charge >= 0.3 is 5.97 Å². The standard InChI is InChI=1S/C25H21ClN2O6S/c1-3-28(16-9-11-17(34-2)12-10-16)35(32,33)21-14-15(8-13-19(21)26)23-22(24(29)25(30)31)18-6-4-5-7-20(18)27-23/h4-14,27H,3H2,1-2H3,(H,30,31). The number of anilines is 1. The fourth-order valence-corrected chi connectivity index (χ4v) is 5.89. The maximum absolute atomic E-state index is 13.7. The van der Waals surface area contributed by atoms with Gasteiger partial charge in [-0.25, -0.2) is 13.2 Å². The normalized spacial score (nSPS) is 11.4. The number of carbonyl (C=O) groups excluding carboxylic acids is 1. The average molecular weight is 513 g/mol. The number of Topliss-reactive ketones (excluding diaryl/α,β-unsaturated/α-hetero) is 1. The Balaban J connectivity index is 1.88. The lowest BCUT2D eigenvalue weighted by atomic mass is 10.0. The zero-order valence-electron chi connectivity index (χ0n) is 18.8. The number of nitrogens with zero attached hydrogens (tertiary/aromatic N) is 1. The lowest BCUT2D eigenvalue weighted by Crippen LogP contribution is -2.31. The van der Waals surface area contributed by atoms with Crippen molar-refractivity contribution in [1.82, 2.24) is 4.98 Å². The molecule has 0 aliphatic carbocycles. The summed E-state index contributed by atoms with van der Waals surface area (Å²) >= 11 is 6.34. The first kappa shape index (κ1) is 24.3. The van der Waals surface area contributed by atoms with Gasteiger partial charge in [0.25, 0.3) is 15.8 Å². The number of methoxy groups -OCH3 is 1. The average Bonchev–Trinajstić information content (AvgIpc) is 3.23. The topological polar surface area (TPSA) is 117 Å². The summed E-state index contributed by atoms with van der Waals surface area (Å²) in [6.07, 6.45) is 0. The molecule has 4 aromatic rings. The van der Waals surface area contributed by atoms with E-state index in [0.717, 1.165) is 0 Å². The summed E-state index contributed by atoms with van der Waals surface area (Å²) in [5, 5.41) is 9.79. The van der Waals surface area contributed by atoms with E-state index < -0.39 is 21.8 Å². The lowest BCUT2D eigenvalue weighted by Gasteiger charge is -2.24. The van der Waals surface area contributed by atoms with Gasteiger partial charge in [0.2, 0.25) is 0 Å². The van der Waals surface area contributed by atoms with Gasteiger partial charge in [-0.2, -0.15) is 0 Å². The fraction of sp³-hybridized carbons (Fsp3) is 0.120.